The molecule has 1 heterocycles. The SMILES string of the molecule is OC(CCl)C[n+]1ccccc1.[O-][Cl+3]([O-])([O-])[O-]. The average molecular weight is 272 g/mol. The van der Waals surface area contributed by atoms with Gasteiger partial charge in [-0.3, -0.25) is 0 Å². The van der Waals surface area contributed by atoms with Crippen LogP contribution in [-0.4, -0.2) is 17.1 Å². The number of rotatable bonds is 3. The minimum absolute atomic E-state index is 0.280. The van der Waals surface area contributed by atoms with E-state index in [4.69, 9.17) is 35.3 Å². The molecule has 0 aromatic carbocycles. The molecule has 1 aromatic heterocycles. The van der Waals surface area contributed by atoms with Crippen molar-refractivity contribution in [1.29, 1.82) is 0 Å². The zero-order valence-electron chi connectivity index (χ0n) is 8.16. The maximum absolute atomic E-state index is 9.16. The first-order valence-corrected chi connectivity index (χ1v) is 5.89. The number of aliphatic hydroxyl groups excluding tert-OH is 1. The van der Waals surface area contributed by atoms with Crippen LogP contribution in [0.3, 0.4) is 0 Å². The molecule has 1 aromatic rings. The largest absolute Gasteiger partial charge is 0.385 e. The van der Waals surface area contributed by atoms with Crippen LogP contribution in [0.4, 0.5) is 0 Å². The van der Waals surface area contributed by atoms with Gasteiger partial charge in [-0.1, -0.05) is 6.07 Å². The van der Waals surface area contributed by atoms with E-state index in [0.29, 0.717) is 6.54 Å². The van der Waals surface area contributed by atoms with Crippen molar-refractivity contribution < 1.29 is 38.6 Å². The molecule has 0 spiro atoms. The van der Waals surface area contributed by atoms with Crippen molar-refractivity contribution in [3.8, 4) is 0 Å². The van der Waals surface area contributed by atoms with E-state index in [1.807, 2.05) is 35.2 Å². The van der Waals surface area contributed by atoms with Crippen LogP contribution in [0, 0.1) is 10.2 Å². The van der Waals surface area contributed by atoms with Gasteiger partial charge in [0.15, 0.2) is 18.9 Å². The van der Waals surface area contributed by atoms with Crippen molar-refractivity contribution in [1.82, 2.24) is 0 Å². The number of aromatic nitrogens is 1. The summed E-state index contributed by atoms with van der Waals surface area (Å²) in [6.45, 7) is 0.560. The summed E-state index contributed by atoms with van der Waals surface area (Å²) < 4.78 is 35.9. The highest BCUT2D eigenvalue weighted by molar-refractivity contribution is 6.18. The fraction of sp³-hybridized carbons (Fsp3) is 0.375. The van der Waals surface area contributed by atoms with Crippen LogP contribution in [0.1, 0.15) is 0 Å². The highest BCUT2D eigenvalue weighted by Gasteiger charge is 2.07. The second-order valence-electron chi connectivity index (χ2n) is 2.76. The van der Waals surface area contributed by atoms with Gasteiger partial charge in [-0.2, -0.15) is 0 Å². The normalized spacial score (nSPS) is 12.6. The number of hydrogen-bond donors (Lipinski definition) is 1. The molecule has 92 valence electrons. The van der Waals surface area contributed by atoms with Gasteiger partial charge in [-0.15, -0.1) is 21.8 Å². The summed E-state index contributed by atoms with van der Waals surface area (Å²) in [5, 5.41) is 9.16. The molecule has 0 saturated heterocycles. The van der Waals surface area contributed by atoms with Gasteiger partial charge in [-0.05, 0) is 0 Å². The van der Waals surface area contributed by atoms with Crippen molar-refractivity contribution in [3.63, 3.8) is 0 Å². The molecule has 6 nitrogen and oxygen atoms in total. The average Bonchev–Trinajstić information content (AvgIpc) is 2.16. The van der Waals surface area contributed by atoms with E-state index >= 15 is 0 Å². The number of aliphatic hydroxyl groups is 1. The van der Waals surface area contributed by atoms with Crippen molar-refractivity contribution in [2.75, 3.05) is 5.88 Å². The molecule has 0 saturated carbocycles. The minimum atomic E-state index is -4.94. The molecule has 8 heteroatoms. The number of alkyl halides is 1. The van der Waals surface area contributed by atoms with Gasteiger partial charge in [0.05, 0.1) is 5.88 Å². The summed E-state index contributed by atoms with van der Waals surface area (Å²) in [5.74, 6) is 0.280. The number of nitrogens with zero attached hydrogens (tertiary/aromatic N) is 1. The predicted molar refractivity (Wildman–Crippen MR) is 43.4 cm³/mol. The topological polar surface area (TPSA) is 116 Å². The summed E-state index contributed by atoms with van der Waals surface area (Å²) in [4.78, 5) is 0. The van der Waals surface area contributed by atoms with Crippen molar-refractivity contribution >= 4 is 11.6 Å². The summed E-state index contributed by atoms with van der Waals surface area (Å²) in [5.41, 5.74) is 0. The van der Waals surface area contributed by atoms with Crippen LogP contribution in [-0.2, 0) is 6.54 Å². The van der Waals surface area contributed by atoms with Crippen molar-refractivity contribution in [3.05, 3.63) is 30.6 Å². The highest BCUT2D eigenvalue weighted by atomic mass is 35.7. The van der Waals surface area contributed by atoms with Gasteiger partial charge in [0.25, 0.3) is 0 Å². The Morgan fingerprint density at radius 2 is 1.56 bits per heavy atom. The molecule has 1 unspecified atom stereocenters. The molecular formula is C8H11Cl2NO5. The van der Waals surface area contributed by atoms with Crippen molar-refractivity contribution in [2.45, 2.75) is 12.6 Å². The summed E-state index contributed by atoms with van der Waals surface area (Å²) in [6.07, 6.45) is 3.34. The summed E-state index contributed by atoms with van der Waals surface area (Å²) in [6, 6.07) is 5.77. The molecule has 1 atom stereocenters. The van der Waals surface area contributed by atoms with Crippen LogP contribution in [0.25, 0.3) is 0 Å². The number of hydrogen-bond acceptors (Lipinski definition) is 5. The standard InChI is InChI=1S/C8H11ClNO.ClHO4/c9-6-8(11)7-10-4-2-1-3-5-10;2-1(3,4)5/h1-5,8,11H,6-7H2;(H,2,3,4,5)/q+1;/p-1. The van der Waals surface area contributed by atoms with E-state index in [-0.39, 0.29) is 5.88 Å². The predicted octanol–water partition coefficient (Wildman–Crippen LogP) is -4.18. The minimum Gasteiger partial charge on any atom is -0.385 e. The second-order valence-corrected chi connectivity index (χ2v) is 3.82. The molecular weight excluding hydrogens is 261 g/mol. The van der Waals surface area contributed by atoms with Gasteiger partial charge < -0.3 is 5.11 Å². The Hall–Kier alpha value is -0.470. The van der Waals surface area contributed by atoms with Gasteiger partial charge in [-0.25, -0.2) is 23.2 Å². The lowest BCUT2D eigenvalue weighted by molar-refractivity contribution is -2.00. The van der Waals surface area contributed by atoms with E-state index in [9.17, 15) is 0 Å². The Balaban J connectivity index is 0.000000385. The highest BCUT2D eigenvalue weighted by Crippen LogP contribution is 1.87. The molecule has 0 amide bonds. The first kappa shape index (κ1) is 15.5. The van der Waals surface area contributed by atoms with Crippen LogP contribution in [0.15, 0.2) is 30.6 Å². The van der Waals surface area contributed by atoms with Gasteiger partial charge in [0, 0.05) is 12.1 Å². The maximum Gasteiger partial charge on any atom is 0.175 e. The fourth-order valence-electron chi connectivity index (χ4n) is 0.848. The second kappa shape index (κ2) is 7.75. The number of halogens is 2. The molecule has 1 N–H and O–H groups in total. The third-order valence-electron chi connectivity index (χ3n) is 1.38. The molecule has 1 rings (SSSR count). The first-order chi connectivity index (χ1) is 7.33. The lowest BCUT2D eigenvalue weighted by Crippen LogP contribution is -2.68. The summed E-state index contributed by atoms with van der Waals surface area (Å²) in [7, 11) is -4.94. The van der Waals surface area contributed by atoms with Crippen LogP contribution in [0.5, 0.6) is 0 Å². The van der Waals surface area contributed by atoms with E-state index in [2.05, 4.69) is 0 Å². The molecule has 16 heavy (non-hydrogen) atoms. The van der Waals surface area contributed by atoms with Gasteiger partial charge in [0.1, 0.15) is 6.10 Å². The Labute approximate surface area is 99.7 Å². The smallest absolute Gasteiger partial charge is 0.175 e. The van der Waals surface area contributed by atoms with E-state index in [1.165, 1.54) is 0 Å². The Morgan fingerprint density at radius 3 is 1.94 bits per heavy atom. The van der Waals surface area contributed by atoms with Crippen LogP contribution >= 0.6 is 11.6 Å². The third-order valence-corrected chi connectivity index (χ3v) is 1.73. The molecule has 0 aliphatic rings. The first-order valence-electron chi connectivity index (χ1n) is 4.13. The molecule has 0 fully saturated rings. The van der Waals surface area contributed by atoms with Crippen molar-refractivity contribution in [2.24, 2.45) is 0 Å². The molecule has 0 aliphatic heterocycles. The lowest BCUT2D eigenvalue weighted by atomic mass is 10.4. The van der Waals surface area contributed by atoms with Gasteiger partial charge in [0.2, 0.25) is 0 Å². The Morgan fingerprint density at radius 1 is 1.12 bits per heavy atom. The quantitative estimate of drug-likeness (QED) is 0.442. The Kier molecular flexibility index (Phi) is 7.52. The van der Waals surface area contributed by atoms with E-state index in [0.717, 1.165) is 0 Å². The van der Waals surface area contributed by atoms with Gasteiger partial charge >= 0.3 is 0 Å². The van der Waals surface area contributed by atoms with E-state index in [1.54, 1.807) is 0 Å². The van der Waals surface area contributed by atoms with Crippen LogP contribution in [0.2, 0.25) is 0 Å². The van der Waals surface area contributed by atoms with Crippen LogP contribution < -0.4 is 23.2 Å². The van der Waals surface area contributed by atoms with E-state index < -0.39 is 16.3 Å². The molecule has 0 aliphatic carbocycles. The summed E-state index contributed by atoms with van der Waals surface area (Å²) >= 11 is 5.44. The molecule has 0 bridgehead atoms. The maximum atomic E-state index is 9.16. The fourth-order valence-corrected chi connectivity index (χ4v) is 0.946. The Bertz CT molecular complexity index is 274. The monoisotopic (exact) mass is 271 g/mol. The lowest BCUT2D eigenvalue weighted by Gasteiger charge is -2.17. The zero-order chi connectivity index (χ0) is 12.6. The number of pyridine rings is 1. The zero-order valence-corrected chi connectivity index (χ0v) is 9.67. The third kappa shape index (κ3) is 11.6. The molecule has 0 radical (unpaired) electrons.